The van der Waals surface area contributed by atoms with Crippen LogP contribution in [0.4, 0.5) is 11.4 Å². The molecular weight excluding hydrogens is 687 g/mol. The van der Waals surface area contributed by atoms with Gasteiger partial charge in [-0.05, 0) is 86.8 Å². The number of rotatable bonds is 31. The van der Waals surface area contributed by atoms with Crippen molar-refractivity contribution in [1.82, 2.24) is 0 Å². The number of hydrogen-bond donors (Lipinski definition) is 0. The van der Waals surface area contributed by atoms with Gasteiger partial charge in [-0.15, -0.1) is 0 Å². The van der Waals surface area contributed by atoms with E-state index in [1.165, 1.54) is 177 Å². The first-order chi connectivity index (χ1) is 23.7. The minimum absolute atomic E-state index is 0. The Morgan fingerprint density at radius 1 is 0.388 bits per heavy atom. The van der Waals surface area contributed by atoms with Gasteiger partial charge in [-0.1, -0.05) is 180 Å². The zero-order chi connectivity index (χ0) is 34.3. The van der Waals surface area contributed by atoms with Crippen LogP contribution in [0.15, 0.2) is 58.5 Å². The molecular formula is C46H76N2Pd. The Morgan fingerprint density at radius 3 is 1.29 bits per heavy atom. The van der Waals surface area contributed by atoms with E-state index in [4.69, 9.17) is 9.98 Å². The Labute approximate surface area is 318 Å². The molecule has 0 aliphatic heterocycles. The minimum atomic E-state index is 0. The number of aliphatic imine (C=N–C) groups is 2. The van der Waals surface area contributed by atoms with Gasteiger partial charge in [0.15, 0.2) is 0 Å². The zero-order valence-corrected chi connectivity index (χ0v) is 34.2. The molecule has 0 fully saturated rings. The van der Waals surface area contributed by atoms with Gasteiger partial charge >= 0.3 is 0 Å². The van der Waals surface area contributed by atoms with Crippen molar-refractivity contribution in [3.8, 4) is 0 Å². The van der Waals surface area contributed by atoms with Crippen LogP contribution in [0.3, 0.4) is 0 Å². The monoisotopic (exact) mass is 763 g/mol. The molecule has 3 heteroatoms. The van der Waals surface area contributed by atoms with Crippen LogP contribution in [0.1, 0.15) is 206 Å². The maximum Gasteiger partial charge on any atom is 0.0636 e. The Hall–Kier alpha value is -1.56. The zero-order valence-electron chi connectivity index (χ0n) is 32.6. The third-order valence-corrected chi connectivity index (χ3v) is 9.94. The van der Waals surface area contributed by atoms with Gasteiger partial charge in [-0.2, -0.15) is 0 Å². The normalized spacial score (nSPS) is 12.0. The van der Waals surface area contributed by atoms with Gasteiger partial charge in [0.2, 0.25) is 0 Å². The van der Waals surface area contributed by atoms with Gasteiger partial charge in [-0.25, -0.2) is 0 Å². The number of unbranched alkanes of at least 4 members (excludes halogenated alkanes) is 20. The summed E-state index contributed by atoms with van der Waals surface area (Å²) in [7, 11) is 0. The fourth-order valence-corrected chi connectivity index (χ4v) is 6.77. The molecule has 0 amide bonds. The SMILES string of the molecule is CCCCCCCCCCCCCCCCCCCCC(=N\c1ccc(CCCC)c(CCCC)c1)/C(CCCC)=N/c1ccccc1.[Pd]. The molecule has 0 saturated heterocycles. The number of aryl methyl sites for hydroxylation is 2. The summed E-state index contributed by atoms with van der Waals surface area (Å²) < 4.78 is 0. The third-order valence-electron chi connectivity index (χ3n) is 9.94. The van der Waals surface area contributed by atoms with E-state index in [9.17, 15) is 0 Å². The van der Waals surface area contributed by atoms with Crippen LogP contribution >= 0.6 is 0 Å². The second kappa shape index (κ2) is 32.4. The van der Waals surface area contributed by atoms with Crippen LogP contribution in [0.5, 0.6) is 0 Å². The van der Waals surface area contributed by atoms with E-state index < -0.39 is 0 Å². The molecule has 2 rings (SSSR count). The van der Waals surface area contributed by atoms with Crippen LogP contribution in [0, 0.1) is 0 Å². The first-order valence-electron chi connectivity index (χ1n) is 21.0. The average Bonchev–Trinajstić information content (AvgIpc) is 3.11. The summed E-state index contributed by atoms with van der Waals surface area (Å²) >= 11 is 0. The maximum absolute atomic E-state index is 5.40. The summed E-state index contributed by atoms with van der Waals surface area (Å²) in [6, 6.07) is 17.6. The van der Waals surface area contributed by atoms with Gasteiger partial charge in [0.05, 0.1) is 22.8 Å². The number of nitrogens with zero attached hydrogens (tertiary/aromatic N) is 2. The van der Waals surface area contributed by atoms with Crippen molar-refractivity contribution in [1.29, 1.82) is 0 Å². The van der Waals surface area contributed by atoms with Crippen LogP contribution in [0.2, 0.25) is 0 Å². The summed E-state index contributed by atoms with van der Waals surface area (Å²) in [6.45, 7) is 9.17. The Kier molecular flexibility index (Phi) is 30.0. The van der Waals surface area contributed by atoms with Gasteiger partial charge in [0.1, 0.15) is 0 Å². The number of hydrogen-bond acceptors (Lipinski definition) is 2. The molecule has 49 heavy (non-hydrogen) atoms. The first-order valence-corrected chi connectivity index (χ1v) is 21.0. The molecule has 0 N–H and O–H groups in total. The molecule has 0 bridgehead atoms. The summed E-state index contributed by atoms with van der Waals surface area (Å²) in [5.41, 5.74) is 7.61. The quantitative estimate of drug-likeness (QED) is 0.0415. The average molecular weight is 764 g/mol. The topological polar surface area (TPSA) is 24.7 Å². The van der Waals surface area contributed by atoms with E-state index in [2.05, 4.69) is 76.2 Å². The summed E-state index contributed by atoms with van der Waals surface area (Å²) in [5, 5.41) is 0. The van der Waals surface area contributed by atoms with E-state index in [1.807, 2.05) is 0 Å². The Balaban J connectivity index is 0.0000120. The van der Waals surface area contributed by atoms with Crippen molar-refractivity contribution in [3.63, 3.8) is 0 Å². The molecule has 280 valence electrons. The largest absolute Gasteiger partial charge is 0.252 e. The van der Waals surface area contributed by atoms with Crippen LogP contribution in [-0.4, -0.2) is 11.4 Å². The molecule has 0 saturated carbocycles. The smallest absolute Gasteiger partial charge is 0.0636 e. The maximum atomic E-state index is 5.40. The molecule has 0 atom stereocenters. The summed E-state index contributed by atoms with van der Waals surface area (Å²) in [5.74, 6) is 0. The molecule has 0 aliphatic rings. The fourth-order valence-electron chi connectivity index (χ4n) is 6.77. The van der Waals surface area contributed by atoms with Crippen molar-refractivity contribution in [2.75, 3.05) is 0 Å². The molecule has 0 aliphatic carbocycles. The Bertz CT molecular complexity index is 1090. The van der Waals surface area contributed by atoms with Crippen LogP contribution in [0.25, 0.3) is 0 Å². The molecule has 0 heterocycles. The van der Waals surface area contributed by atoms with E-state index in [-0.39, 0.29) is 20.4 Å². The fraction of sp³-hybridized carbons (Fsp3) is 0.696. The molecule has 2 aromatic rings. The predicted octanol–water partition coefficient (Wildman–Crippen LogP) is 15.8. The standard InChI is InChI=1S/C46H76N2.Pd/c1-5-9-13-14-15-16-17-18-19-20-21-22-23-24-25-26-27-31-37-46(45(36-12-8-4)47-43-34-29-28-30-35-43)48-44-39-38-41(32-10-6-2)42(40-44)33-11-7-3;/h28-30,34-35,38-40H,5-27,31-33,36-37H2,1-4H3;/b47-45+,48-46+;. The summed E-state index contributed by atoms with van der Waals surface area (Å²) in [6.07, 6.45) is 37.0. The van der Waals surface area contributed by atoms with Crippen molar-refractivity contribution < 1.29 is 20.4 Å². The molecule has 0 radical (unpaired) electrons. The molecule has 0 unspecified atom stereocenters. The summed E-state index contributed by atoms with van der Waals surface area (Å²) in [4.78, 5) is 10.6. The molecule has 0 aromatic heterocycles. The van der Waals surface area contributed by atoms with Gasteiger partial charge in [-0.3, -0.25) is 9.98 Å². The van der Waals surface area contributed by atoms with Crippen molar-refractivity contribution in [3.05, 3.63) is 59.7 Å². The second-order valence-electron chi connectivity index (χ2n) is 14.5. The van der Waals surface area contributed by atoms with Crippen molar-refractivity contribution >= 4 is 22.8 Å². The van der Waals surface area contributed by atoms with Gasteiger partial charge in [0, 0.05) is 20.4 Å². The van der Waals surface area contributed by atoms with Crippen molar-refractivity contribution in [2.24, 2.45) is 9.98 Å². The molecule has 2 aromatic carbocycles. The van der Waals surface area contributed by atoms with Crippen molar-refractivity contribution in [2.45, 2.75) is 207 Å². The molecule has 2 nitrogen and oxygen atoms in total. The van der Waals surface area contributed by atoms with Gasteiger partial charge < -0.3 is 0 Å². The Morgan fingerprint density at radius 2 is 0.796 bits per heavy atom. The number of benzene rings is 2. The predicted molar refractivity (Wildman–Crippen MR) is 217 cm³/mol. The van der Waals surface area contributed by atoms with Crippen LogP contribution < -0.4 is 0 Å². The van der Waals surface area contributed by atoms with Gasteiger partial charge in [0.25, 0.3) is 0 Å². The third kappa shape index (κ3) is 22.8. The van der Waals surface area contributed by atoms with Crippen LogP contribution in [-0.2, 0) is 33.3 Å². The number of para-hydroxylation sites is 1. The van der Waals surface area contributed by atoms with E-state index in [0.29, 0.717) is 0 Å². The minimum Gasteiger partial charge on any atom is -0.252 e. The van der Waals surface area contributed by atoms with E-state index in [1.54, 1.807) is 0 Å². The van der Waals surface area contributed by atoms with E-state index in [0.717, 1.165) is 37.1 Å². The second-order valence-corrected chi connectivity index (χ2v) is 14.5. The molecule has 0 spiro atoms. The van der Waals surface area contributed by atoms with E-state index >= 15 is 0 Å². The first kappa shape index (κ1) is 45.5.